The van der Waals surface area contributed by atoms with Crippen LogP contribution in [0.5, 0.6) is 0 Å². The van der Waals surface area contributed by atoms with Gasteiger partial charge in [-0.3, -0.25) is 4.79 Å². The highest BCUT2D eigenvalue weighted by atomic mass is 32.2. The number of carbonyl (C=O) groups excluding carboxylic acids is 1. The first kappa shape index (κ1) is 21.9. The van der Waals surface area contributed by atoms with E-state index in [9.17, 15) is 13.2 Å². The Morgan fingerprint density at radius 3 is 2.59 bits per heavy atom. The summed E-state index contributed by atoms with van der Waals surface area (Å²) in [5, 5.41) is 5.96. The Morgan fingerprint density at radius 2 is 1.84 bits per heavy atom. The van der Waals surface area contributed by atoms with Crippen molar-refractivity contribution in [3.63, 3.8) is 0 Å². The van der Waals surface area contributed by atoms with Crippen molar-refractivity contribution >= 4 is 27.6 Å². The van der Waals surface area contributed by atoms with Crippen LogP contribution in [-0.4, -0.2) is 49.2 Å². The number of fused-ring (bicyclic) bond motifs is 1. The molecule has 2 heterocycles. The smallest absolute Gasteiger partial charge is 0.251 e. The zero-order chi connectivity index (χ0) is 23.1. The first-order valence-corrected chi connectivity index (χ1v) is 11.6. The molecule has 32 heavy (non-hydrogen) atoms. The van der Waals surface area contributed by atoms with E-state index in [1.54, 1.807) is 30.5 Å². The highest BCUT2D eigenvalue weighted by Crippen LogP contribution is 2.33. The maximum Gasteiger partial charge on any atom is 0.251 e. The Bertz CT molecular complexity index is 1300. The van der Waals surface area contributed by atoms with Gasteiger partial charge in [0.2, 0.25) is 16.0 Å². The molecule has 1 amide bonds. The van der Waals surface area contributed by atoms with Crippen molar-refractivity contribution in [2.75, 3.05) is 26.0 Å². The quantitative estimate of drug-likeness (QED) is 0.618. The number of anilines is 2. The van der Waals surface area contributed by atoms with E-state index < -0.39 is 10.0 Å². The molecule has 0 fully saturated rings. The van der Waals surface area contributed by atoms with Crippen LogP contribution >= 0.6 is 0 Å². The van der Waals surface area contributed by atoms with Gasteiger partial charge in [0.25, 0.3) is 5.91 Å². The van der Waals surface area contributed by atoms with E-state index in [2.05, 4.69) is 34.4 Å². The molecule has 0 saturated carbocycles. The van der Waals surface area contributed by atoms with E-state index >= 15 is 0 Å². The van der Waals surface area contributed by atoms with Crippen molar-refractivity contribution in [2.45, 2.75) is 24.2 Å². The molecule has 9 heteroatoms. The van der Waals surface area contributed by atoms with Crippen LogP contribution in [-0.2, 0) is 15.4 Å². The minimum absolute atomic E-state index is 0.0744. The third-order valence-corrected chi connectivity index (χ3v) is 7.40. The molecule has 0 bridgehead atoms. The number of hydrogen-bond acceptors (Lipinski definition) is 6. The molecule has 0 radical (unpaired) electrons. The summed E-state index contributed by atoms with van der Waals surface area (Å²) in [7, 11) is -0.667. The monoisotopic (exact) mass is 451 g/mol. The van der Waals surface area contributed by atoms with Crippen molar-refractivity contribution in [3.05, 3.63) is 65.9 Å². The summed E-state index contributed by atoms with van der Waals surface area (Å²) >= 11 is 0. The summed E-state index contributed by atoms with van der Waals surface area (Å²) in [5.74, 6) is 0.202. The summed E-state index contributed by atoms with van der Waals surface area (Å²) in [4.78, 5) is 21.2. The molecule has 3 aromatic rings. The number of amides is 1. The number of para-hydroxylation sites is 1. The number of carbonyl (C=O) groups is 1. The first-order valence-electron chi connectivity index (χ1n) is 10.1. The maximum atomic E-state index is 12.7. The zero-order valence-corrected chi connectivity index (χ0v) is 19.2. The number of nitrogens with zero attached hydrogens (tertiary/aromatic N) is 3. The fraction of sp³-hybridized carbons (Fsp3) is 0.261. The van der Waals surface area contributed by atoms with Gasteiger partial charge < -0.3 is 10.6 Å². The molecule has 2 N–H and O–H groups in total. The van der Waals surface area contributed by atoms with Crippen LogP contribution in [0.25, 0.3) is 11.3 Å². The van der Waals surface area contributed by atoms with Gasteiger partial charge in [0.15, 0.2) is 0 Å². The lowest BCUT2D eigenvalue weighted by Crippen LogP contribution is -2.43. The van der Waals surface area contributed by atoms with Gasteiger partial charge in [-0.15, -0.1) is 0 Å². The molecule has 1 aromatic heterocycles. The Labute approximate surface area is 187 Å². The Balaban J connectivity index is 1.71. The predicted molar refractivity (Wildman–Crippen MR) is 123 cm³/mol. The zero-order valence-electron chi connectivity index (χ0n) is 18.4. The highest BCUT2D eigenvalue weighted by Gasteiger charge is 2.31. The van der Waals surface area contributed by atoms with E-state index in [1.807, 2.05) is 18.2 Å². The second-order valence-electron chi connectivity index (χ2n) is 8.50. The molecule has 0 spiro atoms. The van der Waals surface area contributed by atoms with E-state index in [0.717, 1.165) is 15.4 Å². The average Bonchev–Trinajstić information content (AvgIpc) is 2.77. The van der Waals surface area contributed by atoms with Crippen LogP contribution in [0, 0.1) is 0 Å². The lowest BCUT2D eigenvalue weighted by Gasteiger charge is -2.32. The van der Waals surface area contributed by atoms with E-state index in [4.69, 9.17) is 0 Å². The number of nitrogens with one attached hydrogen (secondary N) is 2. The molecular formula is C23H25N5O3S. The largest absolute Gasteiger partial charge is 0.351 e. The van der Waals surface area contributed by atoms with Crippen LogP contribution in [0.1, 0.15) is 29.8 Å². The average molecular weight is 452 g/mol. The van der Waals surface area contributed by atoms with Crippen molar-refractivity contribution in [2.24, 2.45) is 0 Å². The van der Waals surface area contributed by atoms with Crippen molar-refractivity contribution in [3.8, 4) is 11.3 Å². The van der Waals surface area contributed by atoms with Gasteiger partial charge in [0.05, 0.1) is 11.4 Å². The summed E-state index contributed by atoms with van der Waals surface area (Å²) in [6.07, 6.45) is 1.62. The van der Waals surface area contributed by atoms with Crippen molar-refractivity contribution in [1.29, 1.82) is 0 Å². The summed E-state index contributed by atoms with van der Waals surface area (Å²) in [6.45, 7) is 4.74. The number of hydrogen-bond donors (Lipinski definition) is 2. The van der Waals surface area contributed by atoms with Crippen LogP contribution < -0.4 is 10.6 Å². The van der Waals surface area contributed by atoms with E-state index in [0.29, 0.717) is 23.5 Å². The summed E-state index contributed by atoms with van der Waals surface area (Å²) in [6, 6.07) is 14.1. The van der Waals surface area contributed by atoms with Gasteiger partial charge in [0.1, 0.15) is 4.90 Å². The summed E-state index contributed by atoms with van der Waals surface area (Å²) < 4.78 is 26.5. The van der Waals surface area contributed by atoms with Crippen LogP contribution in [0.15, 0.2) is 59.6 Å². The van der Waals surface area contributed by atoms with Gasteiger partial charge in [-0.25, -0.2) is 22.7 Å². The molecule has 166 valence electrons. The fourth-order valence-electron chi connectivity index (χ4n) is 3.64. The number of sulfonamides is 1. The third kappa shape index (κ3) is 3.96. The van der Waals surface area contributed by atoms with Crippen molar-refractivity contribution in [1.82, 2.24) is 19.6 Å². The lowest BCUT2D eigenvalue weighted by molar-refractivity contribution is 0.0930. The highest BCUT2D eigenvalue weighted by molar-refractivity contribution is 7.89. The molecule has 2 aromatic carbocycles. The molecule has 1 aliphatic rings. The topological polar surface area (TPSA) is 104 Å². The lowest BCUT2D eigenvalue weighted by atomic mass is 9.78. The van der Waals surface area contributed by atoms with Crippen LogP contribution in [0.4, 0.5) is 11.6 Å². The molecule has 0 saturated heterocycles. The van der Waals surface area contributed by atoms with Crippen molar-refractivity contribution < 1.29 is 13.2 Å². The Morgan fingerprint density at radius 1 is 1.09 bits per heavy atom. The van der Waals surface area contributed by atoms with Gasteiger partial charge in [0, 0.05) is 43.4 Å². The summed E-state index contributed by atoms with van der Waals surface area (Å²) in [5.41, 5.74) is 3.34. The Hall–Kier alpha value is -3.30. The number of aromatic nitrogens is 2. The van der Waals surface area contributed by atoms with Gasteiger partial charge in [-0.05, 0) is 35.9 Å². The SMILES string of the molecule is CN(C)S(=O)(=O)c1ccccc1Nc1nccc(-c2ccc3c(c2)C(C)(C)CNC3=O)n1. The molecule has 1 aliphatic heterocycles. The molecular weight excluding hydrogens is 426 g/mol. The molecule has 0 atom stereocenters. The van der Waals surface area contributed by atoms with Crippen LogP contribution in [0.3, 0.4) is 0 Å². The molecule has 8 nitrogen and oxygen atoms in total. The molecule has 0 aliphatic carbocycles. The van der Waals surface area contributed by atoms with Gasteiger partial charge in [-0.1, -0.05) is 32.0 Å². The standard InChI is InChI=1S/C23H25N5O3S/c1-23(2)14-25-21(29)16-10-9-15(13-17(16)23)18-11-12-24-22(26-18)27-19-7-5-6-8-20(19)32(30,31)28(3)4/h5-13H,14H2,1-4H3,(H,25,29)(H,24,26,27). The Kier molecular flexibility index (Phi) is 5.47. The normalized spacial score (nSPS) is 15.2. The second kappa shape index (κ2) is 7.99. The number of rotatable bonds is 5. The minimum atomic E-state index is -3.64. The molecule has 4 rings (SSSR count). The second-order valence-corrected chi connectivity index (χ2v) is 10.6. The van der Waals surface area contributed by atoms with E-state index in [1.165, 1.54) is 20.2 Å². The molecule has 0 unspecified atom stereocenters. The first-order chi connectivity index (χ1) is 15.1. The van der Waals surface area contributed by atoms with Gasteiger partial charge >= 0.3 is 0 Å². The van der Waals surface area contributed by atoms with Crippen LogP contribution in [0.2, 0.25) is 0 Å². The minimum Gasteiger partial charge on any atom is -0.351 e. The number of benzene rings is 2. The fourth-order valence-corrected chi connectivity index (χ4v) is 4.69. The predicted octanol–water partition coefficient (Wildman–Crippen LogP) is 3.16. The third-order valence-electron chi connectivity index (χ3n) is 5.53. The van der Waals surface area contributed by atoms with E-state index in [-0.39, 0.29) is 22.2 Å². The maximum absolute atomic E-state index is 12.7. The van der Waals surface area contributed by atoms with Gasteiger partial charge in [-0.2, -0.15) is 0 Å².